The van der Waals surface area contributed by atoms with Crippen molar-refractivity contribution in [2.24, 2.45) is 0 Å². The minimum atomic E-state index is 0.150. The Morgan fingerprint density at radius 3 is 2.94 bits per heavy atom. The van der Waals surface area contributed by atoms with Crippen molar-refractivity contribution in [2.75, 3.05) is 6.54 Å². The lowest BCUT2D eigenvalue weighted by molar-refractivity contribution is 0.0735. The summed E-state index contributed by atoms with van der Waals surface area (Å²) in [6, 6.07) is 9.91. The quantitative estimate of drug-likeness (QED) is 0.704. The number of benzene rings is 1. The lowest BCUT2D eigenvalue weighted by Gasteiger charge is -2.27. The summed E-state index contributed by atoms with van der Waals surface area (Å²) in [5.41, 5.74) is 2.13. The number of thiophene rings is 1. The molecule has 1 aromatic carbocycles. The molecular weight excluding hydrogens is 357 g/mol. The molecule has 0 atom stereocenters. The Labute approximate surface area is 124 Å². The molecule has 2 nitrogen and oxygen atoms in total. The molecule has 1 amide bonds. The minimum absolute atomic E-state index is 0.150. The van der Waals surface area contributed by atoms with Gasteiger partial charge in [-0.2, -0.15) is 0 Å². The molecule has 1 aliphatic heterocycles. The summed E-state index contributed by atoms with van der Waals surface area (Å²) >= 11 is 4.02. The molecule has 2 aromatic rings. The summed E-state index contributed by atoms with van der Waals surface area (Å²) in [6.45, 7) is 1.58. The Morgan fingerprint density at radius 2 is 2.11 bits per heavy atom. The molecular formula is C14H12INOS. The standard InChI is InChI=1S/C14H12INOS/c15-12-4-2-1-3-11(12)14(17)16-7-5-13-10(9-16)6-8-18-13/h1-4,6,8H,5,7,9H2. The molecule has 0 saturated heterocycles. The average Bonchev–Trinajstić information content (AvgIpc) is 2.85. The highest BCUT2D eigenvalue weighted by atomic mass is 127. The van der Waals surface area contributed by atoms with Gasteiger partial charge in [0, 0.05) is 21.5 Å². The first-order valence-electron chi connectivity index (χ1n) is 5.85. The summed E-state index contributed by atoms with van der Waals surface area (Å²) in [4.78, 5) is 15.9. The minimum Gasteiger partial charge on any atom is -0.334 e. The number of halogens is 1. The third-order valence-electron chi connectivity index (χ3n) is 3.20. The topological polar surface area (TPSA) is 20.3 Å². The van der Waals surface area contributed by atoms with E-state index in [4.69, 9.17) is 0 Å². The molecule has 1 aromatic heterocycles. The van der Waals surface area contributed by atoms with Gasteiger partial charge in [-0.05, 0) is 58.2 Å². The predicted octanol–water partition coefficient (Wildman–Crippen LogP) is 3.55. The van der Waals surface area contributed by atoms with Gasteiger partial charge in [0.1, 0.15) is 0 Å². The van der Waals surface area contributed by atoms with Gasteiger partial charge in [-0.25, -0.2) is 0 Å². The molecule has 1 aliphatic rings. The molecule has 0 radical (unpaired) electrons. The summed E-state index contributed by atoms with van der Waals surface area (Å²) < 4.78 is 1.02. The fourth-order valence-electron chi connectivity index (χ4n) is 2.23. The molecule has 4 heteroatoms. The zero-order chi connectivity index (χ0) is 12.5. The van der Waals surface area contributed by atoms with Gasteiger partial charge >= 0.3 is 0 Å². The maximum absolute atomic E-state index is 12.5. The molecule has 0 unspecified atom stereocenters. The van der Waals surface area contributed by atoms with E-state index in [2.05, 4.69) is 34.0 Å². The Morgan fingerprint density at radius 1 is 1.28 bits per heavy atom. The normalized spacial score (nSPS) is 14.4. The molecule has 0 bridgehead atoms. The number of fused-ring (bicyclic) bond motifs is 1. The van der Waals surface area contributed by atoms with Crippen molar-refractivity contribution in [3.05, 3.63) is 55.3 Å². The number of rotatable bonds is 1. The molecule has 0 fully saturated rings. The van der Waals surface area contributed by atoms with E-state index >= 15 is 0 Å². The Balaban J connectivity index is 1.85. The van der Waals surface area contributed by atoms with Crippen molar-refractivity contribution in [2.45, 2.75) is 13.0 Å². The molecule has 2 heterocycles. The number of hydrogen-bond donors (Lipinski definition) is 0. The highest BCUT2D eigenvalue weighted by Gasteiger charge is 2.23. The van der Waals surface area contributed by atoms with Gasteiger partial charge < -0.3 is 4.90 Å². The summed E-state index contributed by atoms with van der Waals surface area (Å²) in [7, 11) is 0. The van der Waals surface area contributed by atoms with Crippen molar-refractivity contribution < 1.29 is 4.79 Å². The van der Waals surface area contributed by atoms with Crippen LogP contribution in [0.15, 0.2) is 35.7 Å². The van der Waals surface area contributed by atoms with Crippen LogP contribution >= 0.6 is 33.9 Å². The summed E-state index contributed by atoms with van der Waals surface area (Å²) in [5.74, 6) is 0.150. The lowest BCUT2D eigenvalue weighted by Crippen LogP contribution is -2.35. The van der Waals surface area contributed by atoms with Gasteiger partial charge in [0.2, 0.25) is 0 Å². The van der Waals surface area contributed by atoms with E-state index in [1.54, 1.807) is 11.3 Å². The first-order valence-corrected chi connectivity index (χ1v) is 7.80. The van der Waals surface area contributed by atoms with Crippen LogP contribution in [0.25, 0.3) is 0 Å². The third-order valence-corrected chi connectivity index (χ3v) is 5.16. The van der Waals surface area contributed by atoms with Crippen LogP contribution in [-0.2, 0) is 13.0 Å². The van der Waals surface area contributed by atoms with Gasteiger partial charge in [0.25, 0.3) is 5.91 Å². The number of carbonyl (C=O) groups is 1. The van der Waals surface area contributed by atoms with E-state index in [9.17, 15) is 4.79 Å². The van der Waals surface area contributed by atoms with Gasteiger partial charge in [-0.1, -0.05) is 12.1 Å². The summed E-state index contributed by atoms with van der Waals surface area (Å²) in [6.07, 6.45) is 0.988. The van der Waals surface area contributed by atoms with Gasteiger partial charge in [0.15, 0.2) is 0 Å². The van der Waals surface area contributed by atoms with Gasteiger partial charge in [-0.3, -0.25) is 4.79 Å². The maximum atomic E-state index is 12.5. The zero-order valence-corrected chi connectivity index (χ0v) is 12.7. The second-order valence-electron chi connectivity index (χ2n) is 4.33. The number of nitrogens with zero attached hydrogens (tertiary/aromatic N) is 1. The highest BCUT2D eigenvalue weighted by molar-refractivity contribution is 14.1. The number of hydrogen-bond acceptors (Lipinski definition) is 2. The van der Waals surface area contributed by atoms with Crippen LogP contribution in [0.3, 0.4) is 0 Å². The van der Waals surface area contributed by atoms with Crippen molar-refractivity contribution in [1.29, 1.82) is 0 Å². The van der Waals surface area contributed by atoms with Crippen LogP contribution in [0.5, 0.6) is 0 Å². The molecule has 18 heavy (non-hydrogen) atoms. The molecule has 92 valence electrons. The molecule has 0 aliphatic carbocycles. The first-order chi connectivity index (χ1) is 8.75. The van der Waals surface area contributed by atoms with Crippen LogP contribution < -0.4 is 0 Å². The van der Waals surface area contributed by atoms with Crippen LogP contribution in [-0.4, -0.2) is 17.4 Å². The Hall–Kier alpha value is -0.880. The van der Waals surface area contributed by atoms with E-state index < -0.39 is 0 Å². The van der Waals surface area contributed by atoms with Crippen LogP contribution in [0, 0.1) is 3.57 Å². The second-order valence-corrected chi connectivity index (χ2v) is 6.49. The monoisotopic (exact) mass is 369 g/mol. The predicted molar refractivity (Wildman–Crippen MR) is 81.9 cm³/mol. The average molecular weight is 369 g/mol. The molecule has 0 N–H and O–H groups in total. The molecule has 3 rings (SSSR count). The molecule has 0 saturated carbocycles. The van der Waals surface area contributed by atoms with E-state index in [-0.39, 0.29) is 5.91 Å². The highest BCUT2D eigenvalue weighted by Crippen LogP contribution is 2.25. The maximum Gasteiger partial charge on any atom is 0.255 e. The van der Waals surface area contributed by atoms with Gasteiger partial charge in [0.05, 0.1) is 5.56 Å². The van der Waals surface area contributed by atoms with Crippen molar-refractivity contribution in [3.8, 4) is 0 Å². The van der Waals surface area contributed by atoms with Crippen LogP contribution in [0.2, 0.25) is 0 Å². The van der Waals surface area contributed by atoms with Crippen LogP contribution in [0.4, 0.5) is 0 Å². The van der Waals surface area contributed by atoms with E-state index in [0.717, 1.165) is 28.6 Å². The fourth-order valence-corrected chi connectivity index (χ4v) is 3.73. The van der Waals surface area contributed by atoms with Crippen molar-refractivity contribution >= 4 is 39.8 Å². The van der Waals surface area contributed by atoms with E-state index in [1.807, 2.05) is 29.2 Å². The van der Waals surface area contributed by atoms with Crippen molar-refractivity contribution in [3.63, 3.8) is 0 Å². The number of amides is 1. The first kappa shape index (κ1) is 12.2. The van der Waals surface area contributed by atoms with E-state index in [0.29, 0.717) is 0 Å². The fraction of sp³-hybridized carbons (Fsp3) is 0.214. The Bertz CT molecular complexity index is 593. The number of carbonyl (C=O) groups excluding carboxylic acids is 1. The third kappa shape index (κ3) is 2.19. The van der Waals surface area contributed by atoms with Crippen molar-refractivity contribution in [1.82, 2.24) is 4.90 Å². The largest absolute Gasteiger partial charge is 0.334 e. The molecule has 0 spiro atoms. The lowest BCUT2D eigenvalue weighted by atomic mass is 10.1. The SMILES string of the molecule is O=C(c1ccccc1I)N1CCc2sccc2C1. The van der Waals surface area contributed by atoms with Crippen LogP contribution in [0.1, 0.15) is 20.8 Å². The van der Waals surface area contributed by atoms with E-state index in [1.165, 1.54) is 10.4 Å². The zero-order valence-electron chi connectivity index (χ0n) is 9.73. The summed E-state index contributed by atoms with van der Waals surface area (Å²) in [5, 5.41) is 2.12. The smallest absolute Gasteiger partial charge is 0.255 e. The Kier molecular flexibility index (Phi) is 3.39. The second kappa shape index (κ2) is 5.01. The van der Waals surface area contributed by atoms with Gasteiger partial charge in [-0.15, -0.1) is 11.3 Å².